The molecule has 182 valence electrons. The van der Waals surface area contributed by atoms with Gasteiger partial charge >= 0.3 is 0 Å². The van der Waals surface area contributed by atoms with Crippen molar-refractivity contribution >= 4 is 29.3 Å². The van der Waals surface area contributed by atoms with E-state index < -0.39 is 0 Å². The number of hydrogen-bond donors (Lipinski definition) is 1. The van der Waals surface area contributed by atoms with Crippen molar-refractivity contribution in [3.05, 3.63) is 36.2 Å². The molecular formula is C24H37N5O3S. The van der Waals surface area contributed by atoms with Crippen molar-refractivity contribution in [3.63, 3.8) is 0 Å². The van der Waals surface area contributed by atoms with Gasteiger partial charge in [-0.3, -0.25) is 14.3 Å². The first-order chi connectivity index (χ1) is 15.7. The Kier molecular flexibility index (Phi) is 11.2. The van der Waals surface area contributed by atoms with Crippen LogP contribution in [0.4, 0.5) is 5.69 Å². The maximum Gasteiger partial charge on any atom is 0.220 e. The summed E-state index contributed by atoms with van der Waals surface area (Å²) in [5.41, 5.74) is 1.85. The van der Waals surface area contributed by atoms with Gasteiger partial charge in [-0.2, -0.15) is 0 Å². The summed E-state index contributed by atoms with van der Waals surface area (Å²) in [5.74, 6) is 2.53. The molecular weight excluding hydrogens is 438 g/mol. The van der Waals surface area contributed by atoms with Crippen LogP contribution in [-0.2, 0) is 22.7 Å². The van der Waals surface area contributed by atoms with Crippen molar-refractivity contribution in [2.75, 3.05) is 23.7 Å². The van der Waals surface area contributed by atoms with E-state index >= 15 is 0 Å². The molecule has 0 saturated heterocycles. The maximum atomic E-state index is 11.8. The Morgan fingerprint density at radius 2 is 1.88 bits per heavy atom. The predicted octanol–water partition coefficient (Wildman–Crippen LogP) is 4.11. The molecule has 0 saturated carbocycles. The molecule has 0 radical (unpaired) electrons. The minimum Gasteiger partial charge on any atom is -0.487 e. The number of carbonyl (C=O) groups is 2. The van der Waals surface area contributed by atoms with Crippen LogP contribution in [0.15, 0.2) is 30.5 Å². The van der Waals surface area contributed by atoms with E-state index in [4.69, 9.17) is 4.74 Å². The number of rotatable bonds is 15. The number of ether oxygens (including phenoxy) is 1. The number of amides is 1. The minimum absolute atomic E-state index is 0.0357. The molecule has 2 aromatic rings. The van der Waals surface area contributed by atoms with E-state index in [9.17, 15) is 9.59 Å². The molecule has 0 unspecified atom stereocenters. The Balaban J connectivity index is 1.69. The lowest BCUT2D eigenvalue weighted by Gasteiger charge is -2.18. The van der Waals surface area contributed by atoms with Gasteiger partial charge in [-0.1, -0.05) is 44.9 Å². The molecule has 0 spiro atoms. The van der Waals surface area contributed by atoms with Crippen LogP contribution < -0.4 is 14.4 Å². The maximum absolute atomic E-state index is 11.8. The monoisotopic (exact) mass is 475 g/mol. The van der Waals surface area contributed by atoms with Gasteiger partial charge in [-0.25, -0.2) is 0 Å². The topological polar surface area (TPSA) is 89.4 Å². The molecule has 33 heavy (non-hydrogen) atoms. The quantitative estimate of drug-likeness (QED) is 0.388. The highest BCUT2D eigenvalue weighted by atomic mass is 32.2. The predicted molar refractivity (Wildman–Crippen MR) is 133 cm³/mol. The van der Waals surface area contributed by atoms with E-state index in [2.05, 4.69) is 40.8 Å². The summed E-state index contributed by atoms with van der Waals surface area (Å²) in [6.07, 6.45) is 3.51. The summed E-state index contributed by atoms with van der Waals surface area (Å²) in [6.45, 7) is 9.42. The van der Waals surface area contributed by atoms with Gasteiger partial charge in [0.15, 0.2) is 0 Å². The lowest BCUT2D eigenvalue weighted by atomic mass is 10.0. The minimum atomic E-state index is -0.125. The first kappa shape index (κ1) is 26.7. The standard InChI is InChI=1S/C24H37N5O3S/c1-18(2)12-15-33-28(5)21-6-8-22(9-7-21)32-17-20-16-29(27-26-20)14-13-25-24(31)11-10-23(30)19(3)4/h6-9,16,18-19H,10-15,17H2,1-5H3,(H,25,31). The molecule has 0 fully saturated rings. The van der Waals surface area contributed by atoms with Crippen LogP contribution >= 0.6 is 11.9 Å². The second-order valence-corrected chi connectivity index (χ2v) is 9.95. The molecule has 0 aliphatic carbocycles. The zero-order valence-electron chi connectivity index (χ0n) is 20.4. The fourth-order valence-electron chi connectivity index (χ4n) is 2.85. The summed E-state index contributed by atoms with van der Waals surface area (Å²) in [5, 5.41) is 11.0. The SMILES string of the molecule is CC(C)CCSN(C)c1ccc(OCc2cn(CCNC(=O)CCC(=O)C(C)C)nn2)cc1. The number of nitrogens with zero attached hydrogens (tertiary/aromatic N) is 4. The molecule has 1 aromatic heterocycles. The van der Waals surface area contributed by atoms with Gasteiger partial charge in [0.05, 0.1) is 12.7 Å². The summed E-state index contributed by atoms with van der Waals surface area (Å²) in [7, 11) is 2.08. The zero-order valence-corrected chi connectivity index (χ0v) is 21.2. The van der Waals surface area contributed by atoms with Crippen molar-refractivity contribution < 1.29 is 14.3 Å². The van der Waals surface area contributed by atoms with Gasteiger partial charge in [0.2, 0.25) is 5.91 Å². The third-order valence-electron chi connectivity index (χ3n) is 5.06. The number of carbonyl (C=O) groups excluding carboxylic acids is 2. The molecule has 0 aliphatic heterocycles. The largest absolute Gasteiger partial charge is 0.487 e. The first-order valence-corrected chi connectivity index (χ1v) is 12.5. The fourth-order valence-corrected chi connectivity index (χ4v) is 3.97. The number of aromatic nitrogens is 3. The van der Waals surface area contributed by atoms with Crippen LogP contribution in [0.1, 0.15) is 52.7 Å². The smallest absolute Gasteiger partial charge is 0.220 e. The average Bonchev–Trinajstić information content (AvgIpc) is 3.23. The van der Waals surface area contributed by atoms with E-state index in [-0.39, 0.29) is 30.4 Å². The van der Waals surface area contributed by atoms with Gasteiger partial charge in [-0.05, 0) is 36.6 Å². The number of nitrogens with one attached hydrogen (secondary N) is 1. The number of anilines is 1. The summed E-state index contributed by atoms with van der Waals surface area (Å²) >= 11 is 1.82. The second kappa shape index (κ2) is 13.9. The fraction of sp³-hybridized carbons (Fsp3) is 0.583. The van der Waals surface area contributed by atoms with Crippen LogP contribution in [0.5, 0.6) is 5.75 Å². The summed E-state index contributed by atoms with van der Waals surface area (Å²) in [4.78, 5) is 23.4. The molecule has 1 aromatic carbocycles. The number of benzene rings is 1. The first-order valence-electron chi connectivity index (χ1n) is 11.5. The molecule has 1 amide bonds. The summed E-state index contributed by atoms with van der Waals surface area (Å²) < 4.78 is 9.68. The van der Waals surface area contributed by atoms with Crippen molar-refractivity contribution in [1.29, 1.82) is 0 Å². The summed E-state index contributed by atoms with van der Waals surface area (Å²) in [6, 6.07) is 8.01. The molecule has 0 atom stereocenters. The number of Topliss-reactive ketones (excluding diaryl/α,β-unsaturated/α-hetero) is 1. The van der Waals surface area contributed by atoms with Crippen LogP contribution in [0, 0.1) is 11.8 Å². The average molecular weight is 476 g/mol. The van der Waals surface area contributed by atoms with Crippen LogP contribution in [0.2, 0.25) is 0 Å². The zero-order chi connectivity index (χ0) is 24.2. The lowest BCUT2D eigenvalue weighted by Crippen LogP contribution is -2.28. The molecule has 1 N–H and O–H groups in total. The van der Waals surface area contributed by atoms with Gasteiger partial charge in [0.25, 0.3) is 0 Å². The highest BCUT2D eigenvalue weighted by Crippen LogP contribution is 2.24. The van der Waals surface area contributed by atoms with Gasteiger partial charge < -0.3 is 14.4 Å². The third-order valence-corrected chi connectivity index (χ3v) is 6.08. The van der Waals surface area contributed by atoms with E-state index in [1.54, 1.807) is 4.68 Å². The van der Waals surface area contributed by atoms with E-state index in [0.29, 0.717) is 31.3 Å². The molecule has 8 nitrogen and oxygen atoms in total. The van der Waals surface area contributed by atoms with Crippen molar-refractivity contribution in [2.45, 2.75) is 60.1 Å². The van der Waals surface area contributed by atoms with E-state index in [1.165, 1.54) is 6.42 Å². The highest BCUT2D eigenvalue weighted by molar-refractivity contribution is 8.00. The van der Waals surface area contributed by atoms with Crippen LogP contribution in [-0.4, -0.2) is 46.0 Å². The van der Waals surface area contributed by atoms with Gasteiger partial charge in [0, 0.05) is 43.8 Å². The van der Waals surface area contributed by atoms with Crippen molar-refractivity contribution in [3.8, 4) is 5.75 Å². The second-order valence-electron chi connectivity index (χ2n) is 8.74. The van der Waals surface area contributed by atoms with E-state index in [0.717, 1.165) is 17.2 Å². The number of ketones is 1. The third kappa shape index (κ3) is 10.3. The normalized spacial score (nSPS) is 11.1. The molecule has 0 aliphatic rings. The Hall–Kier alpha value is -2.55. The van der Waals surface area contributed by atoms with Crippen LogP contribution in [0.3, 0.4) is 0 Å². The molecule has 2 rings (SSSR count). The van der Waals surface area contributed by atoms with Gasteiger partial charge in [0.1, 0.15) is 23.8 Å². The van der Waals surface area contributed by atoms with Crippen LogP contribution in [0.25, 0.3) is 0 Å². The molecule has 0 bridgehead atoms. The Bertz CT molecular complexity index is 867. The Labute approximate surface area is 201 Å². The Morgan fingerprint density at radius 1 is 1.15 bits per heavy atom. The van der Waals surface area contributed by atoms with E-state index in [1.807, 2.05) is 56.3 Å². The molecule has 1 heterocycles. The Morgan fingerprint density at radius 3 is 2.55 bits per heavy atom. The highest BCUT2D eigenvalue weighted by Gasteiger charge is 2.10. The van der Waals surface area contributed by atoms with Crippen molar-refractivity contribution in [2.24, 2.45) is 11.8 Å². The molecule has 9 heteroatoms. The lowest BCUT2D eigenvalue weighted by molar-refractivity contribution is -0.126. The number of hydrogen-bond acceptors (Lipinski definition) is 7. The van der Waals surface area contributed by atoms with Gasteiger partial charge in [-0.15, -0.1) is 5.10 Å². The van der Waals surface area contributed by atoms with Crippen molar-refractivity contribution in [1.82, 2.24) is 20.3 Å².